The van der Waals surface area contributed by atoms with E-state index >= 15 is 0 Å². The van der Waals surface area contributed by atoms with Crippen molar-refractivity contribution in [2.45, 2.75) is 96.7 Å². The Morgan fingerprint density at radius 1 is 1.15 bits per heavy atom. The molecule has 1 aliphatic carbocycles. The van der Waals surface area contributed by atoms with Crippen LogP contribution in [-0.4, -0.2) is 35.6 Å². The average molecular weight is 280 g/mol. The summed E-state index contributed by atoms with van der Waals surface area (Å²) in [7, 11) is 0. The molecule has 1 N–H and O–H groups in total. The van der Waals surface area contributed by atoms with E-state index in [4.69, 9.17) is 0 Å². The molecule has 1 aliphatic heterocycles. The van der Waals surface area contributed by atoms with Gasteiger partial charge in [0.25, 0.3) is 0 Å². The number of nitrogens with zero attached hydrogens (tertiary/aromatic N) is 1. The number of hydrogen-bond acceptors (Lipinski definition) is 2. The van der Waals surface area contributed by atoms with Gasteiger partial charge in [0.1, 0.15) is 0 Å². The van der Waals surface area contributed by atoms with Gasteiger partial charge in [0, 0.05) is 30.7 Å². The van der Waals surface area contributed by atoms with E-state index in [0.29, 0.717) is 11.6 Å². The zero-order valence-electron chi connectivity index (χ0n) is 14.3. The topological polar surface area (TPSA) is 15.3 Å². The molecule has 0 radical (unpaired) electrons. The Labute approximate surface area is 126 Å². The summed E-state index contributed by atoms with van der Waals surface area (Å²) in [6, 6.07) is 1.55. The van der Waals surface area contributed by atoms with Gasteiger partial charge in [-0.3, -0.25) is 4.90 Å². The quantitative estimate of drug-likeness (QED) is 0.777. The Hall–Kier alpha value is -0.0800. The van der Waals surface area contributed by atoms with E-state index in [9.17, 15) is 0 Å². The maximum Gasteiger partial charge on any atom is 0.0306 e. The van der Waals surface area contributed by atoms with E-state index in [-0.39, 0.29) is 0 Å². The molecule has 2 fully saturated rings. The van der Waals surface area contributed by atoms with Crippen molar-refractivity contribution in [3.63, 3.8) is 0 Å². The van der Waals surface area contributed by atoms with Gasteiger partial charge < -0.3 is 5.32 Å². The van der Waals surface area contributed by atoms with Crippen molar-refractivity contribution in [3.8, 4) is 0 Å². The second-order valence-electron chi connectivity index (χ2n) is 7.86. The molecule has 0 bridgehead atoms. The van der Waals surface area contributed by atoms with E-state index in [2.05, 4.69) is 37.9 Å². The van der Waals surface area contributed by atoms with Gasteiger partial charge in [-0.2, -0.15) is 0 Å². The van der Waals surface area contributed by atoms with Gasteiger partial charge in [0.15, 0.2) is 0 Å². The van der Waals surface area contributed by atoms with Crippen LogP contribution in [0.3, 0.4) is 0 Å². The number of hydrogen-bond donors (Lipinski definition) is 1. The van der Waals surface area contributed by atoms with Crippen molar-refractivity contribution < 1.29 is 0 Å². The fourth-order valence-corrected chi connectivity index (χ4v) is 4.20. The monoisotopic (exact) mass is 280 g/mol. The van der Waals surface area contributed by atoms with Crippen LogP contribution in [0.15, 0.2) is 0 Å². The molecular formula is C18H36N2. The molecule has 1 saturated heterocycles. The number of piperazine rings is 1. The van der Waals surface area contributed by atoms with E-state index in [1.165, 1.54) is 64.5 Å². The van der Waals surface area contributed by atoms with Gasteiger partial charge in [-0.25, -0.2) is 0 Å². The van der Waals surface area contributed by atoms with Crippen molar-refractivity contribution >= 4 is 0 Å². The van der Waals surface area contributed by atoms with Crippen LogP contribution in [0, 0.1) is 5.92 Å². The summed E-state index contributed by atoms with van der Waals surface area (Å²) in [5.74, 6) is 0.800. The minimum Gasteiger partial charge on any atom is -0.311 e. The highest BCUT2D eigenvalue weighted by molar-refractivity contribution is 4.98. The van der Waals surface area contributed by atoms with Crippen molar-refractivity contribution in [1.82, 2.24) is 10.2 Å². The molecule has 2 nitrogen and oxygen atoms in total. The zero-order valence-corrected chi connectivity index (χ0v) is 14.3. The van der Waals surface area contributed by atoms with Crippen LogP contribution in [-0.2, 0) is 0 Å². The molecule has 2 rings (SSSR count). The van der Waals surface area contributed by atoms with Crippen LogP contribution in [0.2, 0.25) is 0 Å². The van der Waals surface area contributed by atoms with Crippen molar-refractivity contribution in [2.24, 2.45) is 5.92 Å². The summed E-state index contributed by atoms with van der Waals surface area (Å²) in [4.78, 5) is 2.90. The van der Waals surface area contributed by atoms with Gasteiger partial charge in [0.2, 0.25) is 0 Å². The lowest BCUT2D eigenvalue weighted by Crippen LogP contribution is -2.65. The van der Waals surface area contributed by atoms with E-state index in [0.717, 1.165) is 12.0 Å². The van der Waals surface area contributed by atoms with Crippen LogP contribution in [0.1, 0.15) is 79.1 Å². The fourth-order valence-electron chi connectivity index (χ4n) is 4.20. The molecule has 0 amide bonds. The van der Waals surface area contributed by atoms with Gasteiger partial charge in [-0.1, -0.05) is 46.5 Å². The molecule has 0 aromatic heterocycles. The van der Waals surface area contributed by atoms with Gasteiger partial charge >= 0.3 is 0 Å². The molecule has 0 spiro atoms. The predicted octanol–water partition coefficient (Wildman–Crippen LogP) is 4.20. The Morgan fingerprint density at radius 2 is 1.80 bits per heavy atom. The SMILES string of the molecule is CCC1(C)CNC(CC(C)C)CN1C1CCCCCC1. The maximum absolute atomic E-state index is 3.83. The summed E-state index contributed by atoms with van der Waals surface area (Å²) in [5, 5.41) is 3.83. The summed E-state index contributed by atoms with van der Waals surface area (Å²) >= 11 is 0. The first-order chi connectivity index (χ1) is 9.55. The first kappa shape index (κ1) is 16.3. The third-order valence-electron chi connectivity index (χ3n) is 5.67. The van der Waals surface area contributed by atoms with Crippen LogP contribution >= 0.6 is 0 Å². The molecular weight excluding hydrogens is 244 g/mol. The molecule has 2 aliphatic rings. The minimum atomic E-state index is 0.377. The summed E-state index contributed by atoms with van der Waals surface area (Å²) in [5.41, 5.74) is 0.377. The molecule has 0 aromatic rings. The van der Waals surface area contributed by atoms with Gasteiger partial charge in [-0.15, -0.1) is 0 Å². The Kier molecular flexibility index (Phi) is 5.92. The summed E-state index contributed by atoms with van der Waals surface area (Å²) < 4.78 is 0. The lowest BCUT2D eigenvalue weighted by molar-refractivity contribution is 0.00134. The van der Waals surface area contributed by atoms with Gasteiger partial charge in [0.05, 0.1) is 0 Å². The van der Waals surface area contributed by atoms with Crippen LogP contribution in [0.5, 0.6) is 0 Å². The highest BCUT2D eigenvalue weighted by atomic mass is 15.3. The first-order valence-electron chi connectivity index (χ1n) is 9.05. The van der Waals surface area contributed by atoms with E-state index in [1.54, 1.807) is 0 Å². The highest BCUT2D eigenvalue weighted by Crippen LogP contribution is 2.32. The molecule has 0 aromatic carbocycles. The van der Waals surface area contributed by atoms with Crippen molar-refractivity contribution in [2.75, 3.05) is 13.1 Å². The minimum absolute atomic E-state index is 0.377. The second-order valence-corrected chi connectivity index (χ2v) is 7.86. The molecule has 20 heavy (non-hydrogen) atoms. The molecule has 2 atom stereocenters. The fraction of sp³-hybridized carbons (Fsp3) is 1.00. The lowest BCUT2D eigenvalue weighted by atomic mass is 9.87. The third kappa shape index (κ3) is 3.98. The van der Waals surface area contributed by atoms with Crippen LogP contribution < -0.4 is 5.32 Å². The first-order valence-corrected chi connectivity index (χ1v) is 9.05. The van der Waals surface area contributed by atoms with Crippen LogP contribution in [0.25, 0.3) is 0 Å². The molecule has 1 saturated carbocycles. The molecule has 118 valence electrons. The highest BCUT2D eigenvalue weighted by Gasteiger charge is 2.39. The largest absolute Gasteiger partial charge is 0.311 e. The number of rotatable bonds is 4. The second kappa shape index (κ2) is 7.26. The standard InChI is InChI=1S/C18H36N2/c1-5-18(4)14-19-16(12-15(2)3)13-20(18)17-10-8-6-7-9-11-17/h15-17,19H,5-14H2,1-4H3. The molecule has 2 heteroatoms. The maximum atomic E-state index is 3.83. The summed E-state index contributed by atoms with van der Waals surface area (Å²) in [6.45, 7) is 12.0. The molecule has 1 heterocycles. The third-order valence-corrected chi connectivity index (χ3v) is 5.67. The van der Waals surface area contributed by atoms with E-state index < -0.39 is 0 Å². The molecule has 2 unspecified atom stereocenters. The normalized spacial score (nSPS) is 34.4. The Bertz CT molecular complexity index is 281. The average Bonchev–Trinajstić information content (AvgIpc) is 2.69. The van der Waals surface area contributed by atoms with Gasteiger partial charge in [-0.05, 0) is 38.5 Å². The number of nitrogens with one attached hydrogen (secondary N) is 1. The zero-order chi connectivity index (χ0) is 14.6. The smallest absolute Gasteiger partial charge is 0.0306 e. The van der Waals surface area contributed by atoms with E-state index in [1.807, 2.05) is 0 Å². The van der Waals surface area contributed by atoms with Crippen molar-refractivity contribution in [3.05, 3.63) is 0 Å². The Balaban J connectivity index is 2.05. The van der Waals surface area contributed by atoms with Crippen LogP contribution in [0.4, 0.5) is 0 Å². The lowest BCUT2D eigenvalue weighted by Gasteiger charge is -2.52. The van der Waals surface area contributed by atoms with Crippen molar-refractivity contribution in [1.29, 1.82) is 0 Å². The predicted molar refractivity (Wildman–Crippen MR) is 88.1 cm³/mol. The summed E-state index contributed by atoms with van der Waals surface area (Å²) in [6.07, 6.45) is 11.3. The Morgan fingerprint density at radius 3 is 2.35 bits per heavy atom.